The molecule has 1 N–H and O–H groups in total. The summed E-state index contributed by atoms with van der Waals surface area (Å²) in [7, 11) is 2.12. The number of hydrogen-bond donors (Lipinski definition) is 1. The SMILES string of the molecule is CN1c2cccc(F)c2NCC12CCCCC2. The molecule has 0 bridgehead atoms. The van der Waals surface area contributed by atoms with Gasteiger partial charge in [-0.25, -0.2) is 4.39 Å². The van der Waals surface area contributed by atoms with Crippen LogP contribution in [-0.2, 0) is 0 Å². The Bertz CT molecular complexity index is 424. The zero-order valence-electron chi connectivity index (χ0n) is 10.3. The molecular weight excluding hydrogens is 215 g/mol. The molecule has 92 valence electrons. The highest BCUT2D eigenvalue weighted by atomic mass is 19.1. The smallest absolute Gasteiger partial charge is 0.148 e. The summed E-state index contributed by atoms with van der Waals surface area (Å²) < 4.78 is 13.7. The highest BCUT2D eigenvalue weighted by Crippen LogP contribution is 2.42. The van der Waals surface area contributed by atoms with Crippen molar-refractivity contribution in [3.63, 3.8) is 0 Å². The van der Waals surface area contributed by atoms with E-state index in [0.29, 0.717) is 5.69 Å². The molecule has 1 saturated carbocycles. The summed E-state index contributed by atoms with van der Waals surface area (Å²) in [5.41, 5.74) is 1.89. The van der Waals surface area contributed by atoms with Crippen LogP contribution in [0.1, 0.15) is 32.1 Å². The quantitative estimate of drug-likeness (QED) is 0.740. The Morgan fingerprint density at radius 1 is 1.24 bits per heavy atom. The van der Waals surface area contributed by atoms with Gasteiger partial charge in [0.05, 0.1) is 16.9 Å². The minimum absolute atomic E-state index is 0.139. The Morgan fingerprint density at radius 3 is 2.76 bits per heavy atom. The second-order valence-electron chi connectivity index (χ2n) is 5.33. The number of rotatable bonds is 0. The van der Waals surface area contributed by atoms with E-state index in [4.69, 9.17) is 0 Å². The Labute approximate surface area is 102 Å². The van der Waals surface area contributed by atoms with Gasteiger partial charge in [0.15, 0.2) is 0 Å². The summed E-state index contributed by atoms with van der Waals surface area (Å²) in [4.78, 5) is 2.31. The number of para-hydroxylation sites is 1. The van der Waals surface area contributed by atoms with Gasteiger partial charge in [0.25, 0.3) is 0 Å². The summed E-state index contributed by atoms with van der Waals surface area (Å²) >= 11 is 0. The number of hydrogen-bond acceptors (Lipinski definition) is 2. The number of nitrogens with zero attached hydrogens (tertiary/aromatic N) is 1. The van der Waals surface area contributed by atoms with E-state index in [2.05, 4.69) is 17.3 Å². The van der Waals surface area contributed by atoms with Gasteiger partial charge in [0, 0.05) is 13.6 Å². The molecule has 0 atom stereocenters. The Hall–Kier alpha value is -1.25. The van der Waals surface area contributed by atoms with Crippen LogP contribution < -0.4 is 10.2 Å². The predicted molar refractivity (Wildman–Crippen MR) is 69.1 cm³/mol. The van der Waals surface area contributed by atoms with Crippen LogP contribution in [0.4, 0.5) is 15.8 Å². The van der Waals surface area contributed by atoms with Crippen molar-refractivity contribution in [2.24, 2.45) is 0 Å². The van der Waals surface area contributed by atoms with Crippen molar-refractivity contribution in [1.29, 1.82) is 0 Å². The van der Waals surface area contributed by atoms with E-state index in [9.17, 15) is 4.39 Å². The van der Waals surface area contributed by atoms with Crippen LogP contribution in [0.25, 0.3) is 0 Å². The van der Waals surface area contributed by atoms with Crippen LogP contribution in [-0.4, -0.2) is 19.1 Å². The Kier molecular flexibility index (Phi) is 2.49. The van der Waals surface area contributed by atoms with Crippen LogP contribution in [0, 0.1) is 5.82 Å². The van der Waals surface area contributed by atoms with E-state index in [0.717, 1.165) is 12.2 Å². The summed E-state index contributed by atoms with van der Waals surface area (Å²) in [6.45, 7) is 0.872. The van der Waals surface area contributed by atoms with Gasteiger partial charge < -0.3 is 10.2 Å². The first kappa shape index (κ1) is 10.9. The lowest BCUT2D eigenvalue weighted by atomic mass is 9.79. The molecule has 3 rings (SSSR count). The number of benzene rings is 1. The van der Waals surface area contributed by atoms with Gasteiger partial charge in [-0.15, -0.1) is 0 Å². The second kappa shape index (κ2) is 3.90. The standard InChI is InChI=1S/C14H19FN2/c1-17-12-7-5-6-11(15)13(12)16-10-14(17)8-3-2-4-9-14/h5-7,16H,2-4,8-10H2,1H3. The molecule has 3 heteroatoms. The van der Waals surface area contributed by atoms with Crippen molar-refractivity contribution < 1.29 is 4.39 Å². The first-order chi connectivity index (χ1) is 8.23. The average molecular weight is 234 g/mol. The van der Waals surface area contributed by atoms with Gasteiger partial charge in [-0.1, -0.05) is 25.3 Å². The molecule has 2 aliphatic rings. The van der Waals surface area contributed by atoms with Gasteiger partial charge in [-0.3, -0.25) is 0 Å². The van der Waals surface area contributed by atoms with Crippen LogP contribution in [0.15, 0.2) is 18.2 Å². The molecule has 1 aliphatic heterocycles. The zero-order chi connectivity index (χ0) is 11.9. The number of fused-ring (bicyclic) bond motifs is 1. The maximum Gasteiger partial charge on any atom is 0.148 e. The van der Waals surface area contributed by atoms with Crippen LogP contribution >= 0.6 is 0 Å². The molecule has 1 aromatic rings. The molecule has 1 aromatic carbocycles. The topological polar surface area (TPSA) is 15.3 Å². The lowest BCUT2D eigenvalue weighted by Crippen LogP contribution is -2.55. The predicted octanol–water partition coefficient (Wildman–Crippen LogP) is 3.39. The fourth-order valence-corrected chi connectivity index (χ4v) is 3.32. The summed E-state index contributed by atoms with van der Waals surface area (Å²) in [5, 5.41) is 3.31. The largest absolute Gasteiger partial charge is 0.379 e. The van der Waals surface area contributed by atoms with Crippen LogP contribution in [0.5, 0.6) is 0 Å². The molecule has 0 unspecified atom stereocenters. The molecule has 0 saturated heterocycles. The Balaban J connectivity index is 2.00. The van der Waals surface area contributed by atoms with Crippen molar-refractivity contribution >= 4 is 11.4 Å². The summed E-state index contributed by atoms with van der Waals surface area (Å²) in [6.07, 6.45) is 6.35. The molecule has 0 amide bonds. The van der Waals surface area contributed by atoms with Crippen LogP contribution in [0.2, 0.25) is 0 Å². The first-order valence-corrected chi connectivity index (χ1v) is 6.49. The van der Waals surface area contributed by atoms with Gasteiger partial charge in [0.2, 0.25) is 0 Å². The average Bonchev–Trinajstić information content (AvgIpc) is 2.36. The molecule has 1 aliphatic carbocycles. The molecule has 1 spiro atoms. The molecule has 1 heterocycles. The van der Waals surface area contributed by atoms with Crippen molar-refractivity contribution in [3.8, 4) is 0 Å². The minimum atomic E-state index is -0.139. The van der Waals surface area contributed by atoms with Gasteiger partial charge in [0.1, 0.15) is 5.82 Å². The Morgan fingerprint density at radius 2 is 2.00 bits per heavy atom. The number of nitrogens with one attached hydrogen (secondary N) is 1. The number of likely N-dealkylation sites (N-methyl/N-ethyl adjacent to an activating group) is 1. The van der Waals surface area contributed by atoms with E-state index in [1.807, 2.05) is 6.07 Å². The lowest BCUT2D eigenvalue weighted by Gasteiger charge is -2.50. The fraction of sp³-hybridized carbons (Fsp3) is 0.571. The maximum absolute atomic E-state index is 13.7. The third-order valence-electron chi connectivity index (χ3n) is 4.44. The maximum atomic E-state index is 13.7. The molecule has 0 aromatic heterocycles. The zero-order valence-corrected chi connectivity index (χ0v) is 10.3. The summed E-state index contributed by atoms with van der Waals surface area (Å²) in [5.74, 6) is -0.139. The number of halogens is 1. The van der Waals surface area contributed by atoms with E-state index in [1.54, 1.807) is 6.07 Å². The second-order valence-corrected chi connectivity index (χ2v) is 5.33. The van der Waals surface area contributed by atoms with Gasteiger partial charge in [-0.2, -0.15) is 0 Å². The fourth-order valence-electron chi connectivity index (χ4n) is 3.32. The third kappa shape index (κ3) is 1.60. The van der Waals surface area contributed by atoms with E-state index < -0.39 is 0 Å². The van der Waals surface area contributed by atoms with E-state index >= 15 is 0 Å². The van der Waals surface area contributed by atoms with E-state index in [-0.39, 0.29) is 11.4 Å². The first-order valence-electron chi connectivity index (χ1n) is 6.49. The van der Waals surface area contributed by atoms with Crippen molar-refractivity contribution in [2.75, 3.05) is 23.8 Å². The van der Waals surface area contributed by atoms with Gasteiger partial charge in [-0.05, 0) is 25.0 Å². The molecule has 17 heavy (non-hydrogen) atoms. The molecule has 2 nitrogen and oxygen atoms in total. The number of anilines is 2. The molecule has 1 fully saturated rings. The van der Waals surface area contributed by atoms with Crippen molar-refractivity contribution in [2.45, 2.75) is 37.6 Å². The monoisotopic (exact) mass is 234 g/mol. The highest BCUT2D eigenvalue weighted by molar-refractivity contribution is 5.74. The lowest BCUT2D eigenvalue weighted by molar-refractivity contribution is 0.293. The van der Waals surface area contributed by atoms with Gasteiger partial charge >= 0.3 is 0 Å². The molecule has 0 radical (unpaired) electrons. The minimum Gasteiger partial charge on any atom is -0.379 e. The van der Waals surface area contributed by atoms with Crippen LogP contribution in [0.3, 0.4) is 0 Å². The van der Waals surface area contributed by atoms with Crippen molar-refractivity contribution in [3.05, 3.63) is 24.0 Å². The third-order valence-corrected chi connectivity index (χ3v) is 4.44. The highest BCUT2D eigenvalue weighted by Gasteiger charge is 2.40. The molecular formula is C14H19FN2. The van der Waals surface area contributed by atoms with E-state index in [1.165, 1.54) is 38.2 Å². The normalized spacial score (nSPS) is 22.1. The van der Waals surface area contributed by atoms with Crippen molar-refractivity contribution in [1.82, 2.24) is 0 Å². The summed E-state index contributed by atoms with van der Waals surface area (Å²) in [6, 6.07) is 5.34.